The van der Waals surface area contributed by atoms with Crippen molar-refractivity contribution < 1.29 is 9.53 Å². The van der Waals surface area contributed by atoms with Crippen LogP contribution in [0, 0.1) is 20.8 Å². The number of benzene rings is 1. The summed E-state index contributed by atoms with van der Waals surface area (Å²) in [4.78, 5) is 12.4. The zero-order valence-corrected chi connectivity index (χ0v) is 11.0. The molecule has 0 saturated heterocycles. The van der Waals surface area contributed by atoms with E-state index in [-0.39, 0.29) is 5.91 Å². The van der Waals surface area contributed by atoms with E-state index in [4.69, 9.17) is 4.74 Å². The molecule has 0 bridgehead atoms. The van der Waals surface area contributed by atoms with Crippen molar-refractivity contribution in [2.24, 2.45) is 0 Å². The Morgan fingerprint density at radius 2 is 1.89 bits per heavy atom. The maximum Gasteiger partial charge on any atom is 0.282 e. The quantitative estimate of drug-likeness (QED) is 0.815. The van der Waals surface area contributed by atoms with Crippen molar-refractivity contribution >= 4 is 5.91 Å². The smallest absolute Gasteiger partial charge is 0.282 e. The van der Waals surface area contributed by atoms with E-state index in [0.29, 0.717) is 11.3 Å². The van der Waals surface area contributed by atoms with Gasteiger partial charge in [-0.2, -0.15) is 5.10 Å². The van der Waals surface area contributed by atoms with Crippen molar-refractivity contribution in [3.05, 3.63) is 46.8 Å². The maximum absolute atomic E-state index is 12.4. The van der Waals surface area contributed by atoms with Crippen LogP contribution in [0.2, 0.25) is 0 Å². The molecule has 1 aromatic heterocycles. The number of hydrogen-bond acceptors (Lipinski definition) is 3. The topological polar surface area (TPSA) is 44.1 Å². The van der Waals surface area contributed by atoms with Crippen molar-refractivity contribution in [2.45, 2.75) is 20.8 Å². The molecule has 0 unspecified atom stereocenters. The Kier molecular flexibility index (Phi) is 3.19. The molecule has 0 fully saturated rings. The summed E-state index contributed by atoms with van der Waals surface area (Å²) in [6, 6.07) is 7.16. The van der Waals surface area contributed by atoms with Crippen molar-refractivity contribution in [2.75, 3.05) is 7.11 Å². The van der Waals surface area contributed by atoms with Crippen LogP contribution in [-0.4, -0.2) is 22.8 Å². The van der Waals surface area contributed by atoms with Crippen LogP contribution in [0.25, 0.3) is 0 Å². The van der Waals surface area contributed by atoms with Gasteiger partial charge in [0.15, 0.2) is 0 Å². The summed E-state index contributed by atoms with van der Waals surface area (Å²) in [6.45, 7) is 5.75. The predicted molar refractivity (Wildman–Crippen MR) is 69.2 cm³/mol. The Hall–Kier alpha value is -2.10. The summed E-state index contributed by atoms with van der Waals surface area (Å²) in [5, 5.41) is 4.27. The number of aromatic nitrogens is 2. The van der Waals surface area contributed by atoms with Gasteiger partial charge in [-0.3, -0.25) is 4.79 Å². The molecule has 0 saturated carbocycles. The highest BCUT2D eigenvalue weighted by Crippen LogP contribution is 2.20. The number of carbonyl (C=O) groups excluding carboxylic acids is 1. The van der Waals surface area contributed by atoms with E-state index < -0.39 is 0 Å². The highest BCUT2D eigenvalue weighted by molar-refractivity contribution is 5.98. The second-order valence-corrected chi connectivity index (χ2v) is 4.21. The summed E-state index contributed by atoms with van der Waals surface area (Å²) in [7, 11) is 1.55. The number of ether oxygens (including phenoxy) is 1. The average molecular weight is 244 g/mol. The van der Waals surface area contributed by atoms with Gasteiger partial charge in [-0.25, -0.2) is 4.68 Å². The standard InChI is InChI=1S/C14H16N2O2/c1-9-10(2)15-16(11(9)3)14(17)12-7-5-6-8-13(12)18-4/h5-8H,1-4H3. The molecule has 0 spiro atoms. The molecular weight excluding hydrogens is 228 g/mol. The molecule has 2 rings (SSSR count). The molecule has 0 N–H and O–H groups in total. The Balaban J connectivity index is 2.51. The van der Waals surface area contributed by atoms with E-state index >= 15 is 0 Å². The number of para-hydroxylation sites is 1. The first-order valence-electron chi connectivity index (χ1n) is 5.76. The van der Waals surface area contributed by atoms with Gasteiger partial charge in [0.05, 0.1) is 18.4 Å². The molecule has 0 aliphatic rings. The van der Waals surface area contributed by atoms with E-state index in [1.165, 1.54) is 4.68 Å². The summed E-state index contributed by atoms with van der Waals surface area (Å²) >= 11 is 0. The van der Waals surface area contributed by atoms with Gasteiger partial charge in [0.1, 0.15) is 5.75 Å². The number of hydrogen-bond donors (Lipinski definition) is 0. The van der Waals surface area contributed by atoms with Crippen LogP contribution in [0.3, 0.4) is 0 Å². The minimum Gasteiger partial charge on any atom is -0.496 e. The Labute approximate surface area is 106 Å². The Morgan fingerprint density at radius 3 is 2.44 bits per heavy atom. The van der Waals surface area contributed by atoms with E-state index in [0.717, 1.165) is 17.0 Å². The van der Waals surface area contributed by atoms with Gasteiger partial charge in [0, 0.05) is 5.69 Å². The molecule has 0 radical (unpaired) electrons. The van der Waals surface area contributed by atoms with E-state index in [1.54, 1.807) is 19.2 Å². The maximum atomic E-state index is 12.4. The van der Waals surface area contributed by atoms with Gasteiger partial charge in [0.25, 0.3) is 5.91 Å². The fourth-order valence-electron chi connectivity index (χ4n) is 1.85. The second-order valence-electron chi connectivity index (χ2n) is 4.21. The number of methoxy groups -OCH3 is 1. The molecule has 0 amide bonds. The molecule has 2 aromatic rings. The SMILES string of the molecule is COc1ccccc1C(=O)n1nc(C)c(C)c1C. The van der Waals surface area contributed by atoms with Crippen LogP contribution < -0.4 is 4.74 Å². The van der Waals surface area contributed by atoms with Crippen LogP contribution >= 0.6 is 0 Å². The third-order valence-electron chi connectivity index (χ3n) is 3.18. The van der Waals surface area contributed by atoms with Crippen LogP contribution in [0.1, 0.15) is 27.3 Å². The lowest BCUT2D eigenvalue weighted by Crippen LogP contribution is -2.16. The van der Waals surface area contributed by atoms with Gasteiger partial charge < -0.3 is 4.74 Å². The monoisotopic (exact) mass is 244 g/mol. The summed E-state index contributed by atoms with van der Waals surface area (Å²) < 4.78 is 6.64. The third kappa shape index (κ3) is 1.90. The molecule has 0 atom stereocenters. The molecule has 0 aliphatic heterocycles. The molecular formula is C14H16N2O2. The molecule has 1 heterocycles. The van der Waals surface area contributed by atoms with Crippen LogP contribution in [0.4, 0.5) is 0 Å². The second kappa shape index (κ2) is 4.64. The first-order chi connectivity index (χ1) is 8.56. The summed E-state index contributed by atoms with van der Waals surface area (Å²) in [5.41, 5.74) is 3.29. The number of aryl methyl sites for hydroxylation is 1. The van der Waals surface area contributed by atoms with Crippen molar-refractivity contribution in [1.29, 1.82) is 0 Å². The third-order valence-corrected chi connectivity index (χ3v) is 3.18. The Morgan fingerprint density at radius 1 is 1.22 bits per heavy atom. The largest absolute Gasteiger partial charge is 0.496 e. The first-order valence-corrected chi connectivity index (χ1v) is 5.76. The summed E-state index contributed by atoms with van der Waals surface area (Å²) in [5.74, 6) is 0.397. The van der Waals surface area contributed by atoms with Gasteiger partial charge in [-0.1, -0.05) is 12.1 Å². The van der Waals surface area contributed by atoms with Gasteiger partial charge in [-0.15, -0.1) is 0 Å². The summed E-state index contributed by atoms with van der Waals surface area (Å²) in [6.07, 6.45) is 0. The van der Waals surface area contributed by atoms with E-state index in [9.17, 15) is 4.79 Å². The van der Waals surface area contributed by atoms with Crippen molar-refractivity contribution in [3.63, 3.8) is 0 Å². The molecule has 94 valence electrons. The van der Waals surface area contributed by atoms with Gasteiger partial charge in [0.2, 0.25) is 0 Å². The first kappa shape index (κ1) is 12.4. The fourth-order valence-corrected chi connectivity index (χ4v) is 1.85. The molecule has 4 heteroatoms. The van der Waals surface area contributed by atoms with Crippen LogP contribution in [0.5, 0.6) is 5.75 Å². The fraction of sp³-hybridized carbons (Fsp3) is 0.286. The van der Waals surface area contributed by atoms with Crippen molar-refractivity contribution in [1.82, 2.24) is 9.78 Å². The van der Waals surface area contributed by atoms with Gasteiger partial charge in [-0.05, 0) is 38.5 Å². The molecule has 0 aliphatic carbocycles. The molecule has 4 nitrogen and oxygen atoms in total. The van der Waals surface area contributed by atoms with E-state index in [2.05, 4.69) is 5.10 Å². The highest BCUT2D eigenvalue weighted by Gasteiger charge is 2.18. The lowest BCUT2D eigenvalue weighted by molar-refractivity contribution is 0.0939. The normalized spacial score (nSPS) is 10.4. The lowest BCUT2D eigenvalue weighted by atomic mass is 10.2. The Bertz CT molecular complexity index is 600. The predicted octanol–water partition coefficient (Wildman–Crippen LogP) is 2.51. The average Bonchev–Trinajstić information content (AvgIpc) is 2.65. The minimum absolute atomic E-state index is 0.166. The minimum atomic E-state index is -0.166. The molecule has 18 heavy (non-hydrogen) atoms. The zero-order valence-electron chi connectivity index (χ0n) is 11.0. The van der Waals surface area contributed by atoms with Gasteiger partial charge >= 0.3 is 0 Å². The highest BCUT2D eigenvalue weighted by atomic mass is 16.5. The zero-order chi connectivity index (χ0) is 13.3. The lowest BCUT2D eigenvalue weighted by Gasteiger charge is -2.08. The number of rotatable bonds is 2. The number of carbonyl (C=O) groups is 1. The van der Waals surface area contributed by atoms with Crippen LogP contribution in [-0.2, 0) is 0 Å². The molecule has 1 aromatic carbocycles. The van der Waals surface area contributed by atoms with Crippen molar-refractivity contribution in [3.8, 4) is 5.75 Å². The number of nitrogens with zero attached hydrogens (tertiary/aromatic N) is 2. The van der Waals surface area contributed by atoms with Crippen LogP contribution in [0.15, 0.2) is 24.3 Å². The van der Waals surface area contributed by atoms with E-state index in [1.807, 2.05) is 32.9 Å².